The van der Waals surface area contributed by atoms with Gasteiger partial charge in [-0.1, -0.05) is 18.6 Å². The summed E-state index contributed by atoms with van der Waals surface area (Å²) in [6.07, 6.45) is 7.72. The summed E-state index contributed by atoms with van der Waals surface area (Å²) in [5.74, 6) is 0.311. The molecule has 6 heteroatoms. The predicted octanol–water partition coefficient (Wildman–Crippen LogP) is 3.72. The van der Waals surface area contributed by atoms with Crippen LogP contribution in [0.25, 0.3) is 11.1 Å². The molecule has 2 aromatic rings. The van der Waals surface area contributed by atoms with Gasteiger partial charge in [-0.15, -0.1) is 0 Å². The molecule has 1 aliphatic carbocycles. The van der Waals surface area contributed by atoms with Crippen LogP contribution in [0.3, 0.4) is 0 Å². The minimum atomic E-state index is -0.286. The Bertz CT molecular complexity index is 804. The molecule has 26 heavy (non-hydrogen) atoms. The quantitative estimate of drug-likeness (QED) is 0.912. The number of anilines is 1. The summed E-state index contributed by atoms with van der Waals surface area (Å²) >= 11 is 0. The van der Waals surface area contributed by atoms with Gasteiger partial charge in [0.1, 0.15) is 5.82 Å². The Morgan fingerprint density at radius 1 is 1.12 bits per heavy atom. The summed E-state index contributed by atoms with van der Waals surface area (Å²) in [6, 6.07) is 6.19. The molecule has 1 aromatic carbocycles. The van der Waals surface area contributed by atoms with E-state index in [2.05, 4.69) is 9.97 Å². The van der Waals surface area contributed by atoms with E-state index in [9.17, 15) is 9.18 Å². The number of aromatic nitrogens is 2. The number of carbonyl (C=O) groups excluding carboxylic acids is 1. The highest BCUT2D eigenvalue weighted by Gasteiger charge is 2.36. The number of nitrogens with zero attached hydrogens (tertiary/aromatic N) is 3. The van der Waals surface area contributed by atoms with Crippen molar-refractivity contribution in [3.8, 4) is 11.1 Å². The van der Waals surface area contributed by atoms with Gasteiger partial charge in [-0.3, -0.25) is 4.79 Å². The summed E-state index contributed by atoms with van der Waals surface area (Å²) in [6.45, 7) is 0.757. The number of piperidine rings is 1. The average molecular weight is 354 g/mol. The van der Waals surface area contributed by atoms with Crippen molar-refractivity contribution in [1.29, 1.82) is 0 Å². The smallest absolute Gasteiger partial charge is 0.226 e. The third-order valence-corrected chi connectivity index (χ3v) is 5.55. The van der Waals surface area contributed by atoms with Crippen LogP contribution >= 0.6 is 0 Å². The Kier molecular flexibility index (Phi) is 4.57. The van der Waals surface area contributed by atoms with Crippen molar-refractivity contribution in [2.45, 2.75) is 44.6 Å². The van der Waals surface area contributed by atoms with Gasteiger partial charge >= 0.3 is 0 Å². The van der Waals surface area contributed by atoms with E-state index in [1.54, 1.807) is 18.3 Å². The summed E-state index contributed by atoms with van der Waals surface area (Å²) in [7, 11) is 0. The number of hydrogen-bond acceptors (Lipinski definition) is 4. The van der Waals surface area contributed by atoms with E-state index < -0.39 is 0 Å². The zero-order valence-corrected chi connectivity index (χ0v) is 14.7. The number of benzene rings is 1. The molecule has 1 amide bonds. The molecule has 4 rings (SSSR count). The molecule has 1 saturated carbocycles. The second kappa shape index (κ2) is 7.02. The molecule has 0 bridgehead atoms. The van der Waals surface area contributed by atoms with Crippen molar-refractivity contribution < 1.29 is 9.18 Å². The monoisotopic (exact) mass is 354 g/mol. The number of hydrogen-bond donors (Lipinski definition) is 1. The van der Waals surface area contributed by atoms with Crippen LogP contribution in [-0.4, -0.2) is 27.3 Å². The molecule has 1 atom stereocenters. The topological polar surface area (TPSA) is 72.1 Å². The minimum Gasteiger partial charge on any atom is -0.368 e. The highest BCUT2D eigenvalue weighted by Crippen LogP contribution is 2.39. The zero-order chi connectivity index (χ0) is 18.1. The van der Waals surface area contributed by atoms with Gasteiger partial charge < -0.3 is 10.6 Å². The number of nitrogen functional groups attached to an aromatic ring is 1. The first-order chi connectivity index (χ1) is 12.6. The van der Waals surface area contributed by atoms with Gasteiger partial charge in [0.2, 0.25) is 11.9 Å². The molecule has 0 radical (unpaired) electrons. The molecule has 136 valence electrons. The molecule has 2 N–H and O–H groups in total. The van der Waals surface area contributed by atoms with Crippen molar-refractivity contribution in [1.82, 2.24) is 14.9 Å². The van der Waals surface area contributed by atoms with Crippen LogP contribution in [0, 0.1) is 11.7 Å². The number of rotatable bonds is 3. The SMILES string of the molecule is Nc1ncc(-c2ccc(F)cc2)c([C@H]2CCCCN2C(=O)C2CCC2)n1. The van der Waals surface area contributed by atoms with Crippen molar-refractivity contribution >= 4 is 11.9 Å². The van der Waals surface area contributed by atoms with Crippen LogP contribution in [0.4, 0.5) is 10.3 Å². The molecule has 2 fully saturated rings. The van der Waals surface area contributed by atoms with Crippen molar-refractivity contribution in [2.75, 3.05) is 12.3 Å². The third-order valence-electron chi connectivity index (χ3n) is 5.55. The molecule has 0 spiro atoms. The molecule has 5 nitrogen and oxygen atoms in total. The maximum atomic E-state index is 13.3. The van der Waals surface area contributed by atoms with Crippen LogP contribution in [-0.2, 0) is 4.79 Å². The van der Waals surface area contributed by atoms with E-state index in [1.807, 2.05) is 4.90 Å². The summed E-state index contributed by atoms with van der Waals surface area (Å²) in [5, 5.41) is 0. The second-order valence-corrected chi connectivity index (χ2v) is 7.21. The molecular weight excluding hydrogens is 331 g/mol. The first-order valence-electron chi connectivity index (χ1n) is 9.32. The van der Waals surface area contributed by atoms with Gasteiger partial charge in [-0.25, -0.2) is 14.4 Å². The van der Waals surface area contributed by atoms with Gasteiger partial charge in [0.15, 0.2) is 0 Å². The Labute approximate surface area is 152 Å². The molecule has 1 aromatic heterocycles. The normalized spacial score (nSPS) is 20.7. The Morgan fingerprint density at radius 2 is 1.88 bits per heavy atom. The fraction of sp³-hybridized carbons (Fsp3) is 0.450. The van der Waals surface area contributed by atoms with Crippen LogP contribution in [0.1, 0.15) is 50.3 Å². The van der Waals surface area contributed by atoms with Crippen LogP contribution < -0.4 is 5.73 Å². The Balaban J connectivity index is 1.73. The van der Waals surface area contributed by atoms with Gasteiger partial charge in [0.25, 0.3) is 0 Å². The lowest BCUT2D eigenvalue weighted by atomic mass is 9.83. The molecule has 1 aliphatic heterocycles. The number of nitrogens with two attached hydrogens (primary N) is 1. The van der Waals surface area contributed by atoms with Crippen molar-refractivity contribution in [3.63, 3.8) is 0 Å². The summed E-state index contributed by atoms with van der Waals surface area (Å²) in [5.41, 5.74) is 8.30. The first-order valence-corrected chi connectivity index (χ1v) is 9.32. The maximum Gasteiger partial charge on any atom is 0.226 e. The van der Waals surface area contributed by atoms with Gasteiger partial charge in [0.05, 0.1) is 11.7 Å². The fourth-order valence-electron chi connectivity index (χ4n) is 3.88. The van der Waals surface area contributed by atoms with E-state index in [4.69, 9.17) is 5.73 Å². The lowest BCUT2D eigenvalue weighted by molar-refractivity contribution is -0.142. The minimum absolute atomic E-state index is 0.0952. The molecular formula is C20H23FN4O. The molecule has 0 unspecified atom stereocenters. The Hall–Kier alpha value is -2.50. The van der Waals surface area contributed by atoms with Crippen LogP contribution in [0.2, 0.25) is 0 Å². The number of carbonyl (C=O) groups is 1. The van der Waals surface area contributed by atoms with Crippen molar-refractivity contribution in [2.24, 2.45) is 5.92 Å². The van der Waals surface area contributed by atoms with E-state index in [-0.39, 0.29) is 29.6 Å². The molecule has 2 heterocycles. The lowest BCUT2D eigenvalue weighted by Crippen LogP contribution is -2.44. The number of likely N-dealkylation sites (tertiary alicyclic amines) is 1. The van der Waals surface area contributed by atoms with E-state index in [0.717, 1.165) is 61.9 Å². The highest BCUT2D eigenvalue weighted by molar-refractivity contribution is 5.80. The fourth-order valence-corrected chi connectivity index (χ4v) is 3.88. The van der Waals surface area contributed by atoms with E-state index in [0.29, 0.717) is 0 Å². The van der Waals surface area contributed by atoms with E-state index in [1.165, 1.54) is 12.1 Å². The first kappa shape index (κ1) is 16.9. The number of halogens is 1. The summed E-state index contributed by atoms with van der Waals surface area (Å²) < 4.78 is 13.3. The zero-order valence-electron chi connectivity index (χ0n) is 14.7. The lowest BCUT2D eigenvalue weighted by Gasteiger charge is -2.40. The molecule has 1 saturated heterocycles. The van der Waals surface area contributed by atoms with Gasteiger partial charge in [-0.2, -0.15) is 0 Å². The molecule has 2 aliphatic rings. The average Bonchev–Trinajstić information content (AvgIpc) is 2.61. The van der Waals surface area contributed by atoms with Crippen LogP contribution in [0.5, 0.6) is 0 Å². The van der Waals surface area contributed by atoms with Gasteiger partial charge in [-0.05, 0) is 49.8 Å². The van der Waals surface area contributed by atoms with Crippen LogP contribution in [0.15, 0.2) is 30.5 Å². The third kappa shape index (κ3) is 3.16. The maximum absolute atomic E-state index is 13.3. The number of amides is 1. The largest absolute Gasteiger partial charge is 0.368 e. The Morgan fingerprint density at radius 3 is 2.58 bits per heavy atom. The second-order valence-electron chi connectivity index (χ2n) is 7.21. The highest BCUT2D eigenvalue weighted by atomic mass is 19.1. The van der Waals surface area contributed by atoms with E-state index >= 15 is 0 Å². The van der Waals surface area contributed by atoms with Gasteiger partial charge in [0, 0.05) is 24.2 Å². The standard InChI is InChI=1S/C20H23FN4O/c21-15-9-7-13(8-10-15)16-12-23-20(22)24-18(16)17-6-1-2-11-25(17)19(26)14-4-3-5-14/h7-10,12,14,17H,1-6,11H2,(H2,22,23,24)/t17-/m1/s1. The predicted molar refractivity (Wildman–Crippen MR) is 97.5 cm³/mol. The van der Waals surface area contributed by atoms with Crippen molar-refractivity contribution in [3.05, 3.63) is 42.0 Å². The summed E-state index contributed by atoms with van der Waals surface area (Å²) in [4.78, 5) is 23.6.